The van der Waals surface area contributed by atoms with Gasteiger partial charge in [0.15, 0.2) is 0 Å². The first-order chi connectivity index (χ1) is 8.50. The highest BCUT2D eigenvalue weighted by atomic mass is 16.2. The minimum atomic E-state index is -0.0759. The quantitative estimate of drug-likeness (QED) is 0.818. The molecule has 1 aromatic heterocycles. The van der Waals surface area contributed by atoms with E-state index in [1.807, 2.05) is 47.8 Å². The number of carbonyl (C=O) groups excluding carboxylic acids is 1. The molecule has 0 aliphatic carbocycles. The summed E-state index contributed by atoms with van der Waals surface area (Å²) in [4.78, 5) is 20.1. The molecule has 0 saturated heterocycles. The van der Waals surface area contributed by atoms with E-state index in [4.69, 9.17) is 0 Å². The van der Waals surface area contributed by atoms with E-state index in [0.717, 1.165) is 11.0 Å². The molecule has 2 aromatic rings. The Morgan fingerprint density at radius 2 is 1.89 bits per heavy atom. The summed E-state index contributed by atoms with van der Waals surface area (Å²) in [6, 6.07) is 7.80. The first kappa shape index (κ1) is 12.6. The van der Waals surface area contributed by atoms with E-state index in [1.165, 1.54) is 0 Å². The van der Waals surface area contributed by atoms with Gasteiger partial charge in [0.2, 0.25) is 5.82 Å². The monoisotopic (exact) mass is 246 g/mol. The van der Waals surface area contributed by atoms with Gasteiger partial charge in [-0.2, -0.15) is 0 Å². The Labute approximate surface area is 107 Å². The van der Waals surface area contributed by atoms with Crippen molar-refractivity contribution in [1.29, 1.82) is 0 Å². The molecule has 18 heavy (non-hydrogen) atoms. The molecule has 0 aliphatic rings. The number of nitrogens with zero attached hydrogens (tertiary/aromatic N) is 4. The standard InChI is InChI=1S/C13H18N4O/c1-15(2)9-17-11-8-6-5-7-10(11)14-12(17)13(18)16(3)4/h5-8H,9H2,1-4H3. The lowest BCUT2D eigenvalue weighted by atomic mass is 10.3. The van der Waals surface area contributed by atoms with E-state index in [2.05, 4.69) is 4.98 Å². The number of aromatic nitrogens is 2. The van der Waals surface area contributed by atoms with Crippen molar-refractivity contribution in [3.8, 4) is 0 Å². The number of carbonyl (C=O) groups is 1. The van der Waals surface area contributed by atoms with Gasteiger partial charge in [-0.3, -0.25) is 9.69 Å². The molecule has 0 atom stereocenters. The van der Waals surface area contributed by atoms with Gasteiger partial charge in [0.25, 0.3) is 5.91 Å². The molecule has 2 rings (SSSR count). The maximum absolute atomic E-state index is 12.1. The summed E-state index contributed by atoms with van der Waals surface area (Å²) >= 11 is 0. The van der Waals surface area contributed by atoms with Gasteiger partial charge < -0.3 is 9.47 Å². The molecular weight excluding hydrogens is 228 g/mol. The van der Waals surface area contributed by atoms with E-state index in [-0.39, 0.29) is 5.91 Å². The summed E-state index contributed by atoms with van der Waals surface area (Å²) < 4.78 is 1.94. The minimum absolute atomic E-state index is 0.0759. The third-order valence-corrected chi connectivity index (χ3v) is 2.68. The van der Waals surface area contributed by atoms with Crippen molar-refractivity contribution >= 4 is 16.9 Å². The Bertz CT molecular complexity index is 571. The SMILES string of the molecule is CN(C)Cn1c(C(=O)N(C)C)nc2ccccc21. The number of amides is 1. The molecule has 5 heteroatoms. The fourth-order valence-electron chi connectivity index (χ4n) is 1.86. The van der Waals surface area contributed by atoms with E-state index in [1.54, 1.807) is 19.0 Å². The molecule has 1 amide bonds. The van der Waals surface area contributed by atoms with Gasteiger partial charge in [-0.25, -0.2) is 4.98 Å². The molecule has 1 aromatic carbocycles. The van der Waals surface area contributed by atoms with Gasteiger partial charge in [0.1, 0.15) is 0 Å². The van der Waals surface area contributed by atoms with E-state index >= 15 is 0 Å². The number of rotatable bonds is 3. The van der Waals surface area contributed by atoms with Crippen molar-refractivity contribution in [3.05, 3.63) is 30.1 Å². The van der Waals surface area contributed by atoms with Gasteiger partial charge in [0.05, 0.1) is 17.7 Å². The van der Waals surface area contributed by atoms with Gasteiger partial charge >= 0.3 is 0 Å². The molecular formula is C13H18N4O. The molecule has 5 nitrogen and oxygen atoms in total. The molecule has 0 N–H and O–H groups in total. The number of hydrogen-bond acceptors (Lipinski definition) is 3. The first-order valence-electron chi connectivity index (χ1n) is 5.82. The zero-order chi connectivity index (χ0) is 13.3. The average molecular weight is 246 g/mol. The molecule has 0 bridgehead atoms. The third-order valence-electron chi connectivity index (χ3n) is 2.68. The maximum atomic E-state index is 12.1. The van der Waals surface area contributed by atoms with Crippen molar-refractivity contribution in [3.63, 3.8) is 0 Å². The highest BCUT2D eigenvalue weighted by Crippen LogP contribution is 2.17. The van der Waals surface area contributed by atoms with E-state index < -0.39 is 0 Å². The zero-order valence-corrected chi connectivity index (χ0v) is 11.2. The highest BCUT2D eigenvalue weighted by Gasteiger charge is 2.18. The van der Waals surface area contributed by atoms with Gasteiger partial charge in [-0.15, -0.1) is 0 Å². The maximum Gasteiger partial charge on any atom is 0.289 e. The summed E-state index contributed by atoms with van der Waals surface area (Å²) in [5.74, 6) is 0.406. The van der Waals surface area contributed by atoms with Crippen LogP contribution in [0.4, 0.5) is 0 Å². The van der Waals surface area contributed by atoms with Crippen LogP contribution in [0.3, 0.4) is 0 Å². The van der Waals surface area contributed by atoms with Crippen LogP contribution >= 0.6 is 0 Å². The van der Waals surface area contributed by atoms with Crippen molar-refractivity contribution in [2.24, 2.45) is 0 Å². The topological polar surface area (TPSA) is 41.4 Å². The van der Waals surface area contributed by atoms with Crippen LogP contribution < -0.4 is 0 Å². The summed E-state index contributed by atoms with van der Waals surface area (Å²) in [6.07, 6.45) is 0. The van der Waals surface area contributed by atoms with Gasteiger partial charge in [-0.1, -0.05) is 12.1 Å². The Morgan fingerprint density at radius 3 is 2.50 bits per heavy atom. The molecule has 0 saturated carbocycles. The minimum Gasteiger partial charge on any atom is -0.342 e. The molecule has 96 valence electrons. The lowest BCUT2D eigenvalue weighted by Gasteiger charge is -2.16. The summed E-state index contributed by atoms with van der Waals surface area (Å²) in [6.45, 7) is 0.634. The first-order valence-corrected chi connectivity index (χ1v) is 5.82. The Hall–Kier alpha value is -1.88. The number of imidazole rings is 1. The second-order valence-corrected chi connectivity index (χ2v) is 4.77. The van der Waals surface area contributed by atoms with Crippen molar-refractivity contribution < 1.29 is 4.79 Å². The predicted molar refractivity (Wildman–Crippen MR) is 71.4 cm³/mol. The molecule has 0 aliphatic heterocycles. The van der Waals surface area contributed by atoms with Crippen LogP contribution in [0.1, 0.15) is 10.6 Å². The largest absolute Gasteiger partial charge is 0.342 e. The van der Waals surface area contributed by atoms with Gasteiger partial charge in [0, 0.05) is 14.1 Å². The van der Waals surface area contributed by atoms with Crippen molar-refractivity contribution in [2.75, 3.05) is 28.2 Å². The number of para-hydroxylation sites is 2. The summed E-state index contributed by atoms with van der Waals surface area (Å²) in [7, 11) is 7.42. The molecule has 0 unspecified atom stereocenters. The second-order valence-electron chi connectivity index (χ2n) is 4.77. The summed E-state index contributed by atoms with van der Waals surface area (Å²) in [5.41, 5.74) is 1.83. The molecule has 0 radical (unpaired) electrons. The zero-order valence-electron chi connectivity index (χ0n) is 11.2. The van der Waals surface area contributed by atoms with Crippen LogP contribution in [0, 0.1) is 0 Å². The van der Waals surface area contributed by atoms with Crippen LogP contribution in [0.5, 0.6) is 0 Å². The van der Waals surface area contributed by atoms with Crippen LogP contribution in [0.25, 0.3) is 11.0 Å². The number of hydrogen-bond donors (Lipinski definition) is 0. The van der Waals surface area contributed by atoms with Crippen molar-refractivity contribution in [1.82, 2.24) is 19.4 Å². The lowest BCUT2D eigenvalue weighted by molar-refractivity contribution is 0.0808. The Morgan fingerprint density at radius 1 is 1.22 bits per heavy atom. The predicted octanol–water partition coefficient (Wildman–Crippen LogP) is 1.26. The molecule has 0 spiro atoms. The Kier molecular flexibility index (Phi) is 3.34. The van der Waals surface area contributed by atoms with Gasteiger partial charge in [-0.05, 0) is 26.2 Å². The second kappa shape index (κ2) is 4.78. The van der Waals surface area contributed by atoms with E-state index in [9.17, 15) is 4.79 Å². The Balaban J connectivity index is 2.60. The van der Waals surface area contributed by atoms with Crippen LogP contribution in [0.15, 0.2) is 24.3 Å². The average Bonchev–Trinajstić information content (AvgIpc) is 2.66. The van der Waals surface area contributed by atoms with Crippen LogP contribution in [-0.4, -0.2) is 53.4 Å². The van der Waals surface area contributed by atoms with Crippen molar-refractivity contribution in [2.45, 2.75) is 6.67 Å². The van der Waals surface area contributed by atoms with Crippen LogP contribution in [-0.2, 0) is 6.67 Å². The normalized spacial score (nSPS) is 11.2. The fraction of sp³-hybridized carbons (Fsp3) is 0.385. The lowest BCUT2D eigenvalue weighted by Crippen LogP contribution is -2.28. The molecule has 0 fully saturated rings. The smallest absolute Gasteiger partial charge is 0.289 e. The molecule has 1 heterocycles. The number of fused-ring (bicyclic) bond motifs is 1. The highest BCUT2D eigenvalue weighted by molar-refractivity contribution is 5.94. The van der Waals surface area contributed by atoms with E-state index in [0.29, 0.717) is 12.5 Å². The summed E-state index contributed by atoms with van der Waals surface area (Å²) in [5, 5.41) is 0. The third kappa shape index (κ3) is 2.22. The fourth-order valence-corrected chi connectivity index (χ4v) is 1.86. The number of benzene rings is 1. The van der Waals surface area contributed by atoms with Crippen LogP contribution in [0.2, 0.25) is 0 Å².